The Hall–Kier alpha value is -1.75. The van der Waals surface area contributed by atoms with Gasteiger partial charge in [0.05, 0.1) is 12.7 Å². The molecule has 0 aliphatic heterocycles. The summed E-state index contributed by atoms with van der Waals surface area (Å²) in [7, 11) is 1.33. The van der Waals surface area contributed by atoms with Crippen molar-refractivity contribution in [3.63, 3.8) is 0 Å². The van der Waals surface area contributed by atoms with E-state index < -0.39 is 12.0 Å². The van der Waals surface area contributed by atoms with Crippen LogP contribution in [-0.2, 0) is 9.53 Å². The van der Waals surface area contributed by atoms with Gasteiger partial charge in [0.15, 0.2) is 0 Å². The Kier molecular flexibility index (Phi) is 5.66. The molecule has 6 heteroatoms. The second-order valence-corrected chi connectivity index (χ2v) is 6.04. The summed E-state index contributed by atoms with van der Waals surface area (Å²) in [5.41, 5.74) is 6.43. The number of methoxy groups -OCH3 is 1. The second kappa shape index (κ2) is 7.49. The minimum absolute atomic E-state index is 0.110. The molecule has 1 aliphatic rings. The number of nitrogens with one attached hydrogen (secondary N) is 1. The van der Waals surface area contributed by atoms with Crippen molar-refractivity contribution >= 4 is 29.2 Å². The number of halogens is 1. The molecule has 0 bridgehead atoms. The van der Waals surface area contributed by atoms with E-state index in [1.54, 1.807) is 12.1 Å². The van der Waals surface area contributed by atoms with Gasteiger partial charge in [0.2, 0.25) is 0 Å². The maximum absolute atomic E-state index is 12.4. The zero-order valence-corrected chi connectivity index (χ0v) is 13.4. The number of esters is 1. The van der Waals surface area contributed by atoms with E-state index in [4.69, 9.17) is 22.1 Å². The van der Waals surface area contributed by atoms with Crippen LogP contribution in [0.5, 0.6) is 0 Å². The first kappa shape index (κ1) is 16.6. The first-order valence-electron chi connectivity index (χ1n) is 7.46. The summed E-state index contributed by atoms with van der Waals surface area (Å²) in [5.74, 6) is -0.679. The Morgan fingerprint density at radius 2 is 2.00 bits per heavy atom. The van der Waals surface area contributed by atoms with Gasteiger partial charge in [-0.3, -0.25) is 4.79 Å². The van der Waals surface area contributed by atoms with Crippen molar-refractivity contribution in [3.05, 3.63) is 28.8 Å². The summed E-state index contributed by atoms with van der Waals surface area (Å²) < 4.78 is 4.85. The molecule has 1 atom stereocenters. The molecule has 0 heterocycles. The number of ether oxygens (including phenoxy) is 1. The van der Waals surface area contributed by atoms with Crippen molar-refractivity contribution in [1.29, 1.82) is 0 Å². The number of hydrogen-bond acceptors (Lipinski definition) is 4. The molecule has 0 aromatic heterocycles. The topological polar surface area (TPSA) is 81.4 Å². The summed E-state index contributed by atoms with van der Waals surface area (Å²) >= 11 is 5.84. The average molecular weight is 325 g/mol. The molecular formula is C16H21ClN2O3. The minimum Gasteiger partial charge on any atom is -0.467 e. The quantitative estimate of drug-likeness (QED) is 0.659. The van der Waals surface area contributed by atoms with Crippen LogP contribution in [0.1, 0.15) is 42.5 Å². The van der Waals surface area contributed by atoms with Crippen molar-refractivity contribution < 1.29 is 14.3 Å². The first-order chi connectivity index (χ1) is 10.5. The van der Waals surface area contributed by atoms with E-state index in [1.807, 2.05) is 0 Å². The van der Waals surface area contributed by atoms with E-state index in [2.05, 4.69) is 5.32 Å². The molecule has 1 fully saturated rings. The number of hydrogen-bond donors (Lipinski definition) is 2. The van der Waals surface area contributed by atoms with Crippen molar-refractivity contribution in [1.82, 2.24) is 5.32 Å². The Labute approximate surface area is 135 Å². The first-order valence-corrected chi connectivity index (χ1v) is 7.84. The zero-order valence-electron chi connectivity index (χ0n) is 12.6. The third kappa shape index (κ3) is 3.91. The van der Waals surface area contributed by atoms with Gasteiger partial charge in [-0.2, -0.15) is 0 Å². The summed E-state index contributed by atoms with van der Waals surface area (Å²) in [4.78, 5) is 24.4. The number of nitrogen functional groups attached to an aromatic ring is 1. The molecule has 0 unspecified atom stereocenters. The summed E-state index contributed by atoms with van der Waals surface area (Å²) in [6, 6.07) is 4.04. The molecular weight excluding hydrogens is 304 g/mol. The third-order valence-corrected chi connectivity index (χ3v) is 4.36. The average Bonchev–Trinajstić information content (AvgIpc) is 2.52. The second-order valence-electron chi connectivity index (χ2n) is 5.60. The lowest BCUT2D eigenvalue weighted by atomic mass is 9.83. The number of anilines is 1. The molecule has 0 spiro atoms. The Balaban J connectivity index is 2.15. The molecule has 1 saturated carbocycles. The van der Waals surface area contributed by atoms with E-state index in [0.717, 1.165) is 25.7 Å². The molecule has 0 radical (unpaired) electrons. The molecule has 5 nitrogen and oxygen atoms in total. The van der Waals surface area contributed by atoms with Crippen LogP contribution in [0.15, 0.2) is 18.2 Å². The molecule has 1 amide bonds. The van der Waals surface area contributed by atoms with Gasteiger partial charge >= 0.3 is 5.97 Å². The van der Waals surface area contributed by atoms with Gasteiger partial charge in [-0.15, -0.1) is 0 Å². The van der Waals surface area contributed by atoms with Crippen LogP contribution in [-0.4, -0.2) is 25.0 Å². The highest BCUT2D eigenvalue weighted by Crippen LogP contribution is 2.27. The van der Waals surface area contributed by atoms with Crippen molar-refractivity contribution in [2.75, 3.05) is 12.8 Å². The standard InChI is InChI=1S/C16H21ClN2O3/c1-22-16(21)14(10-5-3-2-4-6-10)19-15(20)12-8-7-11(17)9-13(12)18/h7-10,14H,2-6,18H2,1H3,(H,19,20)/t14-/m0/s1. The summed E-state index contributed by atoms with van der Waals surface area (Å²) in [5, 5.41) is 3.24. The van der Waals surface area contributed by atoms with Crippen LogP contribution < -0.4 is 11.1 Å². The number of rotatable bonds is 4. The predicted molar refractivity (Wildman–Crippen MR) is 85.7 cm³/mol. The van der Waals surface area contributed by atoms with Crippen LogP contribution in [0.2, 0.25) is 5.02 Å². The fraction of sp³-hybridized carbons (Fsp3) is 0.500. The molecule has 3 N–H and O–H groups in total. The number of carbonyl (C=O) groups is 2. The molecule has 1 aromatic carbocycles. The van der Waals surface area contributed by atoms with E-state index >= 15 is 0 Å². The monoisotopic (exact) mass is 324 g/mol. The summed E-state index contributed by atoms with van der Waals surface area (Å²) in [6.45, 7) is 0. The third-order valence-electron chi connectivity index (χ3n) is 4.12. The molecule has 22 heavy (non-hydrogen) atoms. The summed E-state index contributed by atoms with van der Waals surface area (Å²) in [6.07, 6.45) is 5.13. The lowest BCUT2D eigenvalue weighted by Gasteiger charge is -2.29. The van der Waals surface area contributed by atoms with Crippen molar-refractivity contribution in [2.45, 2.75) is 38.1 Å². The van der Waals surface area contributed by atoms with Gasteiger partial charge in [0.25, 0.3) is 5.91 Å². The highest BCUT2D eigenvalue weighted by atomic mass is 35.5. The highest BCUT2D eigenvalue weighted by molar-refractivity contribution is 6.31. The highest BCUT2D eigenvalue weighted by Gasteiger charge is 2.32. The van der Waals surface area contributed by atoms with Crippen LogP contribution in [0.4, 0.5) is 5.69 Å². The number of benzene rings is 1. The van der Waals surface area contributed by atoms with Gasteiger partial charge in [-0.05, 0) is 37.0 Å². The maximum Gasteiger partial charge on any atom is 0.328 e. The van der Waals surface area contributed by atoms with Gasteiger partial charge in [-0.25, -0.2) is 4.79 Å². The number of amides is 1. The fourth-order valence-corrected chi connectivity index (χ4v) is 3.10. The predicted octanol–water partition coefficient (Wildman–Crippen LogP) is 2.77. The largest absolute Gasteiger partial charge is 0.467 e. The maximum atomic E-state index is 12.4. The van der Waals surface area contributed by atoms with Gasteiger partial charge in [-0.1, -0.05) is 30.9 Å². The molecule has 120 valence electrons. The SMILES string of the molecule is COC(=O)[C@@H](NC(=O)c1ccc(Cl)cc1N)C1CCCCC1. The van der Waals surface area contributed by atoms with Gasteiger partial charge < -0.3 is 15.8 Å². The van der Waals surface area contributed by atoms with Crippen molar-refractivity contribution in [3.8, 4) is 0 Å². The van der Waals surface area contributed by atoms with Crippen LogP contribution >= 0.6 is 11.6 Å². The van der Waals surface area contributed by atoms with Gasteiger partial charge in [0.1, 0.15) is 6.04 Å². The number of carbonyl (C=O) groups excluding carboxylic acids is 2. The lowest BCUT2D eigenvalue weighted by Crippen LogP contribution is -2.47. The molecule has 0 saturated heterocycles. The van der Waals surface area contributed by atoms with E-state index in [1.165, 1.54) is 19.6 Å². The normalized spacial score (nSPS) is 16.8. The fourth-order valence-electron chi connectivity index (χ4n) is 2.92. The smallest absolute Gasteiger partial charge is 0.328 e. The Morgan fingerprint density at radius 1 is 1.32 bits per heavy atom. The zero-order chi connectivity index (χ0) is 16.1. The molecule has 1 aromatic rings. The van der Waals surface area contributed by atoms with E-state index in [9.17, 15) is 9.59 Å². The number of nitrogens with two attached hydrogens (primary N) is 1. The van der Waals surface area contributed by atoms with Crippen LogP contribution in [0.25, 0.3) is 0 Å². The van der Waals surface area contributed by atoms with E-state index in [0.29, 0.717) is 10.6 Å². The van der Waals surface area contributed by atoms with Crippen molar-refractivity contribution in [2.24, 2.45) is 5.92 Å². The Bertz CT molecular complexity index is 556. The van der Waals surface area contributed by atoms with Gasteiger partial charge in [0, 0.05) is 10.7 Å². The molecule has 2 rings (SSSR count). The minimum atomic E-state index is -0.632. The lowest BCUT2D eigenvalue weighted by molar-refractivity contribution is -0.144. The molecule has 1 aliphatic carbocycles. The van der Waals surface area contributed by atoms with Crippen LogP contribution in [0, 0.1) is 5.92 Å². The Morgan fingerprint density at radius 3 is 2.59 bits per heavy atom. The van der Waals surface area contributed by atoms with Crippen LogP contribution in [0.3, 0.4) is 0 Å². The van der Waals surface area contributed by atoms with E-state index in [-0.39, 0.29) is 17.5 Å².